The molecule has 1 atom stereocenters. The van der Waals surface area contributed by atoms with Crippen LogP contribution in [-0.2, 0) is 11.3 Å². The summed E-state index contributed by atoms with van der Waals surface area (Å²) in [7, 11) is 1.71. The molecule has 1 aromatic heterocycles. The highest BCUT2D eigenvalue weighted by molar-refractivity contribution is 5.11. The summed E-state index contributed by atoms with van der Waals surface area (Å²) in [5, 5.41) is 3.36. The first kappa shape index (κ1) is 15.1. The molecule has 4 heteroatoms. The monoisotopic (exact) mass is 251 g/mol. The van der Waals surface area contributed by atoms with Gasteiger partial charge >= 0.3 is 0 Å². The average molecular weight is 251 g/mol. The van der Waals surface area contributed by atoms with Crippen molar-refractivity contribution in [3.05, 3.63) is 23.3 Å². The van der Waals surface area contributed by atoms with Gasteiger partial charge in [-0.25, -0.2) is 9.97 Å². The first-order valence-corrected chi connectivity index (χ1v) is 6.66. The van der Waals surface area contributed by atoms with Crippen molar-refractivity contribution < 1.29 is 4.74 Å². The minimum absolute atomic E-state index is 0.0326. The summed E-state index contributed by atoms with van der Waals surface area (Å²) in [6, 6.07) is 2.03. The van der Waals surface area contributed by atoms with Crippen LogP contribution in [0.4, 0.5) is 0 Å². The number of aryl methyl sites for hydroxylation is 1. The SMILES string of the molecule is CCCNCc1cc(C)nc(C(OC)C(C)C)n1. The van der Waals surface area contributed by atoms with Crippen molar-refractivity contribution in [2.75, 3.05) is 13.7 Å². The highest BCUT2D eigenvalue weighted by atomic mass is 16.5. The molecule has 0 saturated carbocycles. The van der Waals surface area contributed by atoms with Gasteiger partial charge in [-0.1, -0.05) is 20.8 Å². The largest absolute Gasteiger partial charge is 0.373 e. The molecule has 0 saturated heterocycles. The molecule has 1 rings (SSSR count). The maximum atomic E-state index is 5.49. The van der Waals surface area contributed by atoms with E-state index in [1.54, 1.807) is 7.11 Å². The Hall–Kier alpha value is -1.00. The van der Waals surface area contributed by atoms with Crippen LogP contribution in [0.25, 0.3) is 0 Å². The smallest absolute Gasteiger partial charge is 0.157 e. The fourth-order valence-electron chi connectivity index (χ4n) is 1.95. The van der Waals surface area contributed by atoms with E-state index in [9.17, 15) is 0 Å². The molecule has 0 amide bonds. The van der Waals surface area contributed by atoms with E-state index >= 15 is 0 Å². The Kier molecular flexibility index (Phi) is 6.22. The zero-order chi connectivity index (χ0) is 13.5. The van der Waals surface area contributed by atoms with Crippen molar-refractivity contribution in [3.8, 4) is 0 Å². The van der Waals surface area contributed by atoms with Crippen molar-refractivity contribution in [1.82, 2.24) is 15.3 Å². The second kappa shape index (κ2) is 7.44. The summed E-state index contributed by atoms with van der Waals surface area (Å²) < 4.78 is 5.49. The van der Waals surface area contributed by atoms with Gasteiger partial charge in [0.2, 0.25) is 0 Å². The van der Waals surface area contributed by atoms with Crippen LogP contribution < -0.4 is 5.32 Å². The van der Waals surface area contributed by atoms with Gasteiger partial charge in [-0.3, -0.25) is 0 Å². The minimum Gasteiger partial charge on any atom is -0.373 e. The molecule has 18 heavy (non-hydrogen) atoms. The van der Waals surface area contributed by atoms with E-state index in [0.717, 1.165) is 36.7 Å². The summed E-state index contributed by atoms with van der Waals surface area (Å²) in [6.45, 7) is 10.2. The molecular formula is C14H25N3O. The number of hydrogen-bond acceptors (Lipinski definition) is 4. The van der Waals surface area contributed by atoms with E-state index in [1.807, 2.05) is 13.0 Å². The molecule has 0 radical (unpaired) electrons. The summed E-state index contributed by atoms with van der Waals surface area (Å²) in [4.78, 5) is 9.09. The van der Waals surface area contributed by atoms with Crippen LogP contribution in [-0.4, -0.2) is 23.6 Å². The summed E-state index contributed by atoms with van der Waals surface area (Å²) >= 11 is 0. The number of ether oxygens (including phenoxy) is 1. The summed E-state index contributed by atoms with van der Waals surface area (Å²) in [5.41, 5.74) is 2.03. The van der Waals surface area contributed by atoms with Gasteiger partial charge in [0.1, 0.15) is 6.10 Å². The lowest BCUT2D eigenvalue weighted by molar-refractivity contribution is 0.0571. The minimum atomic E-state index is -0.0326. The Morgan fingerprint density at radius 2 is 2.06 bits per heavy atom. The second-order valence-corrected chi connectivity index (χ2v) is 4.94. The number of hydrogen-bond donors (Lipinski definition) is 1. The number of nitrogens with one attached hydrogen (secondary N) is 1. The van der Waals surface area contributed by atoms with E-state index in [1.165, 1.54) is 0 Å². The standard InChI is InChI=1S/C14H25N3O/c1-6-7-15-9-12-8-11(4)16-14(17-12)13(18-5)10(2)3/h8,10,13,15H,6-7,9H2,1-5H3. The Morgan fingerprint density at radius 3 is 2.61 bits per heavy atom. The second-order valence-electron chi connectivity index (χ2n) is 4.94. The normalized spacial score (nSPS) is 13.0. The number of rotatable bonds is 7. The molecule has 1 N–H and O–H groups in total. The van der Waals surface area contributed by atoms with Gasteiger partial charge in [-0.2, -0.15) is 0 Å². The maximum absolute atomic E-state index is 5.49. The van der Waals surface area contributed by atoms with E-state index in [0.29, 0.717) is 5.92 Å². The lowest BCUT2D eigenvalue weighted by Gasteiger charge is -2.18. The fourth-order valence-corrected chi connectivity index (χ4v) is 1.95. The van der Waals surface area contributed by atoms with E-state index < -0.39 is 0 Å². The van der Waals surface area contributed by atoms with Crippen LogP contribution >= 0.6 is 0 Å². The molecule has 1 unspecified atom stereocenters. The maximum Gasteiger partial charge on any atom is 0.157 e. The van der Waals surface area contributed by atoms with Crippen LogP contribution in [0.3, 0.4) is 0 Å². The fraction of sp³-hybridized carbons (Fsp3) is 0.714. The molecule has 1 heterocycles. The predicted molar refractivity (Wildman–Crippen MR) is 73.4 cm³/mol. The van der Waals surface area contributed by atoms with Gasteiger partial charge in [0.25, 0.3) is 0 Å². The third-order valence-corrected chi connectivity index (χ3v) is 2.77. The number of methoxy groups -OCH3 is 1. The Balaban J connectivity index is 2.85. The van der Waals surface area contributed by atoms with Crippen LogP contribution in [0.2, 0.25) is 0 Å². The topological polar surface area (TPSA) is 47.0 Å². The lowest BCUT2D eigenvalue weighted by atomic mass is 10.1. The Morgan fingerprint density at radius 1 is 1.33 bits per heavy atom. The third-order valence-electron chi connectivity index (χ3n) is 2.77. The summed E-state index contributed by atoms with van der Waals surface area (Å²) in [6.07, 6.45) is 1.10. The first-order chi connectivity index (χ1) is 8.58. The molecule has 0 bridgehead atoms. The number of aromatic nitrogens is 2. The van der Waals surface area contributed by atoms with E-state index in [-0.39, 0.29) is 6.10 Å². The van der Waals surface area contributed by atoms with Crippen LogP contribution in [0.15, 0.2) is 6.07 Å². The van der Waals surface area contributed by atoms with Gasteiger partial charge in [0.05, 0.1) is 5.69 Å². The molecule has 0 aliphatic rings. The molecule has 102 valence electrons. The van der Waals surface area contributed by atoms with Crippen molar-refractivity contribution >= 4 is 0 Å². The van der Waals surface area contributed by atoms with Crippen molar-refractivity contribution in [1.29, 1.82) is 0 Å². The van der Waals surface area contributed by atoms with Crippen LogP contribution in [0, 0.1) is 12.8 Å². The predicted octanol–water partition coefficient (Wildman–Crippen LogP) is 2.63. The zero-order valence-electron chi connectivity index (χ0n) is 12.2. The lowest BCUT2D eigenvalue weighted by Crippen LogP contribution is -2.18. The highest BCUT2D eigenvalue weighted by Crippen LogP contribution is 2.22. The van der Waals surface area contributed by atoms with Gasteiger partial charge in [-0.05, 0) is 31.9 Å². The van der Waals surface area contributed by atoms with E-state index in [2.05, 4.69) is 36.1 Å². The molecule has 4 nitrogen and oxygen atoms in total. The molecular weight excluding hydrogens is 226 g/mol. The Bertz CT molecular complexity index is 366. The molecule has 0 aromatic carbocycles. The third kappa shape index (κ3) is 4.35. The molecule has 0 spiro atoms. The van der Waals surface area contributed by atoms with Crippen LogP contribution in [0.1, 0.15) is 50.5 Å². The van der Waals surface area contributed by atoms with E-state index in [4.69, 9.17) is 4.74 Å². The van der Waals surface area contributed by atoms with Crippen LogP contribution in [0.5, 0.6) is 0 Å². The average Bonchev–Trinajstić information content (AvgIpc) is 2.29. The molecule has 0 aliphatic heterocycles. The highest BCUT2D eigenvalue weighted by Gasteiger charge is 2.18. The van der Waals surface area contributed by atoms with Crippen molar-refractivity contribution in [2.45, 2.75) is 46.8 Å². The quantitative estimate of drug-likeness (QED) is 0.757. The zero-order valence-corrected chi connectivity index (χ0v) is 12.2. The van der Waals surface area contributed by atoms with Gasteiger partial charge in [-0.15, -0.1) is 0 Å². The Labute approximate surface area is 110 Å². The first-order valence-electron chi connectivity index (χ1n) is 6.66. The molecule has 1 aromatic rings. The van der Waals surface area contributed by atoms with Gasteiger partial charge in [0.15, 0.2) is 5.82 Å². The van der Waals surface area contributed by atoms with Crippen molar-refractivity contribution in [3.63, 3.8) is 0 Å². The summed E-state index contributed by atoms with van der Waals surface area (Å²) in [5.74, 6) is 1.16. The number of nitrogens with zero attached hydrogens (tertiary/aromatic N) is 2. The molecule has 0 fully saturated rings. The van der Waals surface area contributed by atoms with Gasteiger partial charge < -0.3 is 10.1 Å². The van der Waals surface area contributed by atoms with Gasteiger partial charge in [0, 0.05) is 19.3 Å². The molecule has 0 aliphatic carbocycles. The van der Waals surface area contributed by atoms with Crippen molar-refractivity contribution in [2.24, 2.45) is 5.92 Å².